The van der Waals surface area contributed by atoms with E-state index in [1.807, 2.05) is 26.8 Å². The fourth-order valence-electron chi connectivity index (χ4n) is 1.67. The van der Waals surface area contributed by atoms with Crippen LogP contribution in [0.4, 0.5) is 8.78 Å². The highest BCUT2D eigenvalue weighted by Gasteiger charge is 2.18. The predicted molar refractivity (Wildman–Crippen MR) is 72.0 cm³/mol. The fourth-order valence-corrected chi connectivity index (χ4v) is 1.67. The third kappa shape index (κ3) is 3.65. The van der Waals surface area contributed by atoms with Crippen LogP contribution in [0, 0.1) is 0 Å². The monoisotopic (exact) mass is 297 g/mol. The number of nitrogens with zero attached hydrogens (tertiary/aromatic N) is 2. The van der Waals surface area contributed by atoms with Crippen LogP contribution in [0.1, 0.15) is 54.8 Å². The Kier molecular flexibility index (Phi) is 4.06. The van der Waals surface area contributed by atoms with E-state index in [2.05, 4.69) is 25.7 Å². The second-order valence-electron chi connectivity index (χ2n) is 5.72. The maximum Gasteiger partial charge on any atom is 0.279 e. The second-order valence-corrected chi connectivity index (χ2v) is 5.72. The summed E-state index contributed by atoms with van der Waals surface area (Å²) in [7, 11) is 0. The minimum atomic E-state index is -2.68. The maximum absolute atomic E-state index is 12.4. The largest absolute Gasteiger partial charge is 0.345 e. The predicted octanol–water partition coefficient (Wildman–Crippen LogP) is 2.30. The van der Waals surface area contributed by atoms with Gasteiger partial charge in [-0.3, -0.25) is 15.0 Å². The molecule has 0 aliphatic carbocycles. The summed E-state index contributed by atoms with van der Waals surface area (Å²) in [6.45, 7) is 6.31. The van der Waals surface area contributed by atoms with Gasteiger partial charge in [-0.1, -0.05) is 20.8 Å². The number of aromatic nitrogens is 4. The van der Waals surface area contributed by atoms with Gasteiger partial charge in [0.15, 0.2) is 0 Å². The summed E-state index contributed by atoms with van der Waals surface area (Å²) in [6.07, 6.45) is -2.68. The summed E-state index contributed by atoms with van der Waals surface area (Å²) < 4.78 is 24.8. The Balaban J connectivity index is 1.96. The number of nitrogens with one attached hydrogen (secondary N) is 3. The van der Waals surface area contributed by atoms with Gasteiger partial charge in [0, 0.05) is 5.41 Å². The van der Waals surface area contributed by atoms with Crippen LogP contribution in [0.2, 0.25) is 0 Å². The van der Waals surface area contributed by atoms with Crippen LogP contribution in [0.15, 0.2) is 12.1 Å². The molecule has 0 bridgehead atoms. The molecule has 2 heterocycles. The quantitative estimate of drug-likeness (QED) is 0.809. The second kappa shape index (κ2) is 5.63. The van der Waals surface area contributed by atoms with E-state index in [1.165, 1.54) is 0 Å². The van der Waals surface area contributed by atoms with Crippen molar-refractivity contribution in [2.45, 2.75) is 39.2 Å². The first-order valence-electron chi connectivity index (χ1n) is 6.44. The maximum atomic E-state index is 12.4. The summed E-state index contributed by atoms with van der Waals surface area (Å²) in [6, 6.07) is 2.89. The van der Waals surface area contributed by atoms with Crippen molar-refractivity contribution in [3.63, 3.8) is 0 Å². The standard InChI is InChI=1S/C13H17F2N5O/c1-13(2,3)10-4-7(17-20-10)6-16-12(21)9-5-8(11(14)15)18-19-9/h4-5,11H,6H2,1-3H3,(H,16,21)(H,17,20)(H,18,19). The molecule has 0 aromatic carbocycles. The molecular weight excluding hydrogens is 280 g/mol. The average Bonchev–Trinajstić information content (AvgIpc) is 3.04. The summed E-state index contributed by atoms with van der Waals surface area (Å²) >= 11 is 0. The molecule has 0 aliphatic heterocycles. The zero-order chi connectivity index (χ0) is 15.6. The molecule has 2 rings (SSSR count). The van der Waals surface area contributed by atoms with Gasteiger partial charge in [0.05, 0.1) is 17.9 Å². The molecule has 1 amide bonds. The topological polar surface area (TPSA) is 86.5 Å². The molecule has 0 fully saturated rings. The Bertz CT molecular complexity index is 627. The van der Waals surface area contributed by atoms with E-state index in [-0.39, 0.29) is 23.3 Å². The first kappa shape index (κ1) is 15.1. The van der Waals surface area contributed by atoms with Crippen LogP contribution in [0.5, 0.6) is 0 Å². The summed E-state index contributed by atoms with van der Waals surface area (Å²) in [5, 5.41) is 15.3. The molecular formula is C13H17F2N5O. The molecule has 8 heteroatoms. The third-order valence-corrected chi connectivity index (χ3v) is 2.90. The molecule has 2 aromatic heterocycles. The number of rotatable bonds is 4. The van der Waals surface area contributed by atoms with E-state index in [4.69, 9.17) is 0 Å². The molecule has 21 heavy (non-hydrogen) atoms. The first-order valence-corrected chi connectivity index (χ1v) is 6.44. The molecule has 0 aliphatic rings. The number of amides is 1. The molecule has 0 radical (unpaired) electrons. The lowest BCUT2D eigenvalue weighted by molar-refractivity contribution is 0.0945. The van der Waals surface area contributed by atoms with Crippen molar-refractivity contribution in [2.24, 2.45) is 0 Å². The van der Waals surface area contributed by atoms with Crippen molar-refractivity contribution in [3.05, 3.63) is 34.9 Å². The smallest absolute Gasteiger partial charge is 0.279 e. The summed E-state index contributed by atoms with van der Waals surface area (Å²) in [4.78, 5) is 11.8. The minimum absolute atomic E-state index is 0.0686. The highest BCUT2D eigenvalue weighted by atomic mass is 19.3. The lowest BCUT2D eigenvalue weighted by Crippen LogP contribution is -2.23. The van der Waals surface area contributed by atoms with Crippen molar-refractivity contribution in [2.75, 3.05) is 0 Å². The van der Waals surface area contributed by atoms with Crippen LogP contribution in [-0.2, 0) is 12.0 Å². The molecule has 114 valence electrons. The number of carbonyl (C=O) groups excluding carboxylic acids is 1. The Morgan fingerprint density at radius 3 is 2.52 bits per heavy atom. The molecule has 3 N–H and O–H groups in total. The lowest BCUT2D eigenvalue weighted by atomic mass is 9.92. The minimum Gasteiger partial charge on any atom is -0.345 e. The van der Waals surface area contributed by atoms with Gasteiger partial charge in [0.25, 0.3) is 12.3 Å². The number of halogens is 2. The van der Waals surface area contributed by atoms with Gasteiger partial charge in [0.1, 0.15) is 11.4 Å². The van der Waals surface area contributed by atoms with Crippen LogP contribution in [-0.4, -0.2) is 26.3 Å². The number of hydrogen-bond donors (Lipinski definition) is 3. The molecule has 0 unspecified atom stereocenters. The highest BCUT2D eigenvalue weighted by molar-refractivity contribution is 5.92. The number of alkyl halides is 2. The van der Waals surface area contributed by atoms with Gasteiger partial charge < -0.3 is 5.32 Å². The highest BCUT2D eigenvalue weighted by Crippen LogP contribution is 2.20. The van der Waals surface area contributed by atoms with Crippen molar-refractivity contribution in [1.82, 2.24) is 25.7 Å². The fraction of sp³-hybridized carbons (Fsp3) is 0.462. The first-order chi connectivity index (χ1) is 9.77. The van der Waals surface area contributed by atoms with E-state index in [1.54, 1.807) is 0 Å². The number of hydrogen-bond acceptors (Lipinski definition) is 3. The normalized spacial score (nSPS) is 11.9. The number of carbonyl (C=O) groups is 1. The van der Waals surface area contributed by atoms with Crippen molar-refractivity contribution < 1.29 is 13.6 Å². The van der Waals surface area contributed by atoms with Gasteiger partial charge in [-0.15, -0.1) is 0 Å². The number of H-pyrrole nitrogens is 2. The molecule has 6 nitrogen and oxygen atoms in total. The Labute approximate surface area is 120 Å². The van der Waals surface area contributed by atoms with Gasteiger partial charge >= 0.3 is 0 Å². The van der Waals surface area contributed by atoms with E-state index >= 15 is 0 Å². The molecule has 2 aromatic rings. The van der Waals surface area contributed by atoms with Crippen molar-refractivity contribution in [3.8, 4) is 0 Å². The molecule has 0 spiro atoms. The van der Waals surface area contributed by atoms with Gasteiger partial charge in [-0.25, -0.2) is 8.78 Å². The van der Waals surface area contributed by atoms with Crippen LogP contribution < -0.4 is 5.32 Å². The average molecular weight is 297 g/mol. The summed E-state index contributed by atoms with van der Waals surface area (Å²) in [5.41, 5.74) is 1.08. The van der Waals surface area contributed by atoms with E-state index < -0.39 is 12.3 Å². The van der Waals surface area contributed by atoms with Crippen LogP contribution >= 0.6 is 0 Å². The Morgan fingerprint density at radius 1 is 1.29 bits per heavy atom. The molecule has 0 saturated carbocycles. The molecule has 0 atom stereocenters. The van der Waals surface area contributed by atoms with Crippen molar-refractivity contribution in [1.29, 1.82) is 0 Å². The van der Waals surface area contributed by atoms with Gasteiger partial charge in [-0.2, -0.15) is 10.2 Å². The third-order valence-electron chi connectivity index (χ3n) is 2.90. The SMILES string of the molecule is CC(C)(C)c1cc(CNC(=O)c2cc(C(F)F)[nH]n2)[nH]n1. The van der Waals surface area contributed by atoms with Crippen molar-refractivity contribution >= 4 is 5.91 Å². The number of aromatic amines is 2. The summed E-state index contributed by atoms with van der Waals surface area (Å²) in [5.74, 6) is -0.523. The zero-order valence-corrected chi connectivity index (χ0v) is 12.0. The Hall–Kier alpha value is -2.25. The van der Waals surface area contributed by atoms with E-state index in [0.29, 0.717) is 0 Å². The van der Waals surface area contributed by atoms with Gasteiger partial charge in [0.2, 0.25) is 0 Å². The van der Waals surface area contributed by atoms with E-state index in [0.717, 1.165) is 17.5 Å². The lowest BCUT2D eigenvalue weighted by Gasteiger charge is -2.13. The van der Waals surface area contributed by atoms with Gasteiger partial charge in [-0.05, 0) is 12.1 Å². The molecule has 0 saturated heterocycles. The van der Waals surface area contributed by atoms with Crippen LogP contribution in [0.3, 0.4) is 0 Å². The van der Waals surface area contributed by atoms with Crippen LogP contribution in [0.25, 0.3) is 0 Å². The van der Waals surface area contributed by atoms with E-state index in [9.17, 15) is 13.6 Å². The Morgan fingerprint density at radius 2 is 2.00 bits per heavy atom. The zero-order valence-electron chi connectivity index (χ0n) is 12.0.